The molecule has 0 aromatic carbocycles. The highest BCUT2D eigenvalue weighted by molar-refractivity contribution is 7.81. The van der Waals surface area contributed by atoms with Crippen LogP contribution in [-0.4, -0.2) is 58.3 Å². The molecule has 0 aromatic heterocycles. The molecule has 0 aliphatic carbocycles. The smallest absolute Gasteiger partial charge is 0.305 e. The summed E-state index contributed by atoms with van der Waals surface area (Å²) in [6, 6.07) is -2.73. The van der Waals surface area contributed by atoms with Crippen LogP contribution in [0.15, 0.2) is 0 Å². The monoisotopic (exact) mass is 293 g/mol. The van der Waals surface area contributed by atoms with E-state index >= 15 is 0 Å². The van der Waals surface area contributed by atoms with Crippen LogP contribution in [0.4, 0.5) is 0 Å². The van der Waals surface area contributed by atoms with Gasteiger partial charge in [-0.25, -0.2) is 0 Å². The van der Waals surface area contributed by atoms with Crippen molar-refractivity contribution in [1.82, 2.24) is 10.6 Å². The predicted molar refractivity (Wildman–Crippen MR) is 66.2 cm³/mol. The number of carboxylic acid groups (broad SMARTS) is 1. The molecular formula is C9H15N3O6S. The van der Waals surface area contributed by atoms with E-state index in [1.54, 1.807) is 0 Å². The van der Waals surface area contributed by atoms with Crippen LogP contribution in [0.1, 0.15) is 6.42 Å². The van der Waals surface area contributed by atoms with Crippen molar-refractivity contribution in [2.24, 2.45) is 5.73 Å². The van der Waals surface area contributed by atoms with Gasteiger partial charge in [0.2, 0.25) is 17.7 Å². The van der Waals surface area contributed by atoms with Crippen molar-refractivity contribution in [2.45, 2.75) is 18.5 Å². The van der Waals surface area contributed by atoms with Crippen LogP contribution in [-0.2, 0) is 19.2 Å². The number of thiol groups is 1. The lowest BCUT2D eigenvalue weighted by atomic mass is 10.1. The molecule has 0 spiro atoms. The van der Waals surface area contributed by atoms with Gasteiger partial charge in [0.05, 0.1) is 18.8 Å². The van der Waals surface area contributed by atoms with Crippen LogP contribution in [0.2, 0.25) is 0 Å². The fourth-order valence-corrected chi connectivity index (χ4v) is 1.20. The minimum absolute atomic E-state index is 0.196. The molecular weight excluding hydrogens is 278 g/mol. The first kappa shape index (κ1) is 17.2. The number of primary amides is 1. The second kappa shape index (κ2) is 8.32. The number of amides is 3. The van der Waals surface area contributed by atoms with Crippen molar-refractivity contribution >= 4 is 36.3 Å². The van der Waals surface area contributed by atoms with Gasteiger partial charge in [-0.3, -0.25) is 19.2 Å². The molecule has 0 aromatic rings. The summed E-state index contributed by atoms with van der Waals surface area (Å²) in [5, 5.41) is 21.6. The summed E-state index contributed by atoms with van der Waals surface area (Å²) in [6.07, 6.45) is -0.695. The van der Waals surface area contributed by atoms with Crippen molar-refractivity contribution in [3.63, 3.8) is 0 Å². The fraction of sp³-hybridized carbons (Fsp3) is 0.556. The van der Waals surface area contributed by atoms with E-state index in [1.165, 1.54) is 0 Å². The van der Waals surface area contributed by atoms with E-state index in [2.05, 4.69) is 17.9 Å². The zero-order chi connectivity index (χ0) is 15.0. The first-order valence-corrected chi connectivity index (χ1v) is 5.77. The number of nitrogens with one attached hydrogen (secondary N) is 2. The van der Waals surface area contributed by atoms with E-state index in [9.17, 15) is 19.2 Å². The Morgan fingerprint density at radius 3 is 2.11 bits per heavy atom. The van der Waals surface area contributed by atoms with Crippen LogP contribution in [0.5, 0.6) is 0 Å². The summed E-state index contributed by atoms with van der Waals surface area (Å²) in [5.41, 5.74) is 4.92. The van der Waals surface area contributed by atoms with Gasteiger partial charge in [-0.05, 0) is 0 Å². The molecule has 3 amide bonds. The van der Waals surface area contributed by atoms with Crippen LogP contribution >= 0.6 is 12.6 Å². The van der Waals surface area contributed by atoms with Crippen LogP contribution in [0.3, 0.4) is 0 Å². The van der Waals surface area contributed by atoms with Crippen molar-refractivity contribution < 1.29 is 29.4 Å². The molecule has 0 fully saturated rings. The summed E-state index contributed by atoms with van der Waals surface area (Å²) in [4.78, 5) is 44.0. The maximum atomic E-state index is 11.6. The third-order valence-electron chi connectivity index (χ3n) is 2.02. The Morgan fingerprint density at radius 2 is 1.74 bits per heavy atom. The minimum Gasteiger partial charge on any atom is -0.481 e. The Hall–Kier alpha value is -1.81. The number of hydrogen-bond acceptors (Lipinski definition) is 6. The van der Waals surface area contributed by atoms with Crippen LogP contribution < -0.4 is 16.4 Å². The van der Waals surface area contributed by atoms with Gasteiger partial charge in [-0.2, -0.15) is 12.6 Å². The molecule has 0 saturated heterocycles. The standard InChI is InChI=1S/C9H15N3O6S/c10-8(17)4(1-7(15)16)12-9(18)5(2-13)11-6(14)3-19/h4-5,13,19H,1-3H2,(H2,10,17)(H,11,14)(H,12,18)(H,15,16)/t4-,5-/m0/s1. The zero-order valence-corrected chi connectivity index (χ0v) is 10.7. The molecule has 0 saturated carbocycles. The zero-order valence-electron chi connectivity index (χ0n) is 9.83. The molecule has 2 atom stereocenters. The van der Waals surface area contributed by atoms with Gasteiger partial charge in [0.25, 0.3) is 0 Å². The van der Waals surface area contributed by atoms with E-state index in [0.717, 1.165) is 0 Å². The number of hydrogen-bond donors (Lipinski definition) is 6. The number of aliphatic hydroxyl groups is 1. The third kappa shape index (κ3) is 6.62. The molecule has 0 aliphatic heterocycles. The highest BCUT2D eigenvalue weighted by Crippen LogP contribution is 1.94. The topological polar surface area (TPSA) is 159 Å². The highest BCUT2D eigenvalue weighted by atomic mass is 32.1. The van der Waals surface area contributed by atoms with Gasteiger partial charge in [-0.1, -0.05) is 0 Å². The lowest BCUT2D eigenvalue weighted by Crippen LogP contribution is -2.54. The Bertz CT molecular complexity index is 375. The van der Waals surface area contributed by atoms with E-state index < -0.39 is 48.8 Å². The lowest BCUT2D eigenvalue weighted by Gasteiger charge is -2.19. The molecule has 9 nitrogen and oxygen atoms in total. The van der Waals surface area contributed by atoms with Gasteiger partial charge in [0.1, 0.15) is 12.1 Å². The first-order valence-electron chi connectivity index (χ1n) is 5.14. The average Bonchev–Trinajstić information content (AvgIpc) is 2.33. The summed E-state index contributed by atoms with van der Waals surface area (Å²) < 4.78 is 0. The molecule has 0 bridgehead atoms. The largest absolute Gasteiger partial charge is 0.481 e. The summed E-state index contributed by atoms with van der Waals surface area (Å²) in [7, 11) is 0. The van der Waals surface area contributed by atoms with Crippen molar-refractivity contribution in [2.75, 3.05) is 12.4 Å². The molecule has 10 heteroatoms. The normalized spacial score (nSPS) is 13.2. The lowest BCUT2D eigenvalue weighted by molar-refractivity contribution is -0.140. The average molecular weight is 293 g/mol. The number of carboxylic acids is 1. The Kier molecular flexibility index (Phi) is 7.53. The fourth-order valence-electron chi connectivity index (χ4n) is 1.10. The molecule has 19 heavy (non-hydrogen) atoms. The highest BCUT2D eigenvalue weighted by Gasteiger charge is 2.26. The van der Waals surface area contributed by atoms with E-state index in [0.29, 0.717) is 0 Å². The van der Waals surface area contributed by atoms with Crippen molar-refractivity contribution in [3.8, 4) is 0 Å². The summed E-state index contributed by atoms with van der Waals surface area (Å²) in [5.74, 6) is -4.08. The Balaban J connectivity index is 4.63. The van der Waals surface area contributed by atoms with Crippen LogP contribution in [0.25, 0.3) is 0 Å². The van der Waals surface area contributed by atoms with Gasteiger partial charge in [0.15, 0.2) is 0 Å². The molecule has 6 N–H and O–H groups in total. The molecule has 0 heterocycles. The van der Waals surface area contributed by atoms with Gasteiger partial charge >= 0.3 is 5.97 Å². The second-order valence-electron chi connectivity index (χ2n) is 3.52. The van der Waals surface area contributed by atoms with Crippen LogP contribution in [0, 0.1) is 0 Å². The SMILES string of the molecule is NC(=O)[C@H](CC(=O)O)NC(=O)[C@H](CO)NC(=O)CS. The van der Waals surface area contributed by atoms with Gasteiger partial charge < -0.3 is 26.6 Å². The maximum absolute atomic E-state index is 11.6. The number of rotatable bonds is 8. The Labute approximate surface area is 113 Å². The molecule has 0 rings (SSSR count). The first-order chi connectivity index (χ1) is 8.81. The van der Waals surface area contributed by atoms with Crippen molar-refractivity contribution in [1.29, 1.82) is 0 Å². The van der Waals surface area contributed by atoms with Gasteiger partial charge in [0, 0.05) is 0 Å². The summed E-state index contributed by atoms with van der Waals surface area (Å²) >= 11 is 3.67. The Morgan fingerprint density at radius 1 is 1.16 bits per heavy atom. The van der Waals surface area contributed by atoms with E-state index in [4.69, 9.17) is 15.9 Å². The number of aliphatic carboxylic acids is 1. The van der Waals surface area contributed by atoms with Gasteiger partial charge in [-0.15, -0.1) is 0 Å². The quantitative estimate of drug-likeness (QED) is 0.259. The second-order valence-corrected chi connectivity index (χ2v) is 3.84. The minimum atomic E-state index is -1.42. The molecule has 108 valence electrons. The maximum Gasteiger partial charge on any atom is 0.305 e. The van der Waals surface area contributed by atoms with E-state index in [1.807, 2.05) is 5.32 Å². The number of aliphatic hydroxyl groups excluding tert-OH is 1. The number of carbonyl (C=O) groups excluding carboxylic acids is 3. The third-order valence-corrected chi connectivity index (χ3v) is 2.30. The van der Waals surface area contributed by atoms with Crippen molar-refractivity contribution in [3.05, 3.63) is 0 Å². The molecule has 0 unspecified atom stereocenters. The predicted octanol–water partition coefficient (Wildman–Crippen LogP) is -3.16. The summed E-state index contributed by atoms with van der Waals surface area (Å²) in [6.45, 7) is -0.718. The molecule has 0 radical (unpaired) electrons. The number of carbonyl (C=O) groups is 4. The number of nitrogens with two attached hydrogens (primary N) is 1. The molecule has 0 aliphatic rings. The van der Waals surface area contributed by atoms with E-state index in [-0.39, 0.29) is 5.75 Å².